The molecule has 1 unspecified atom stereocenters. The van der Waals surface area contributed by atoms with Gasteiger partial charge in [0.2, 0.25) is 0 Å². The van der Waals surface area contributed by atoms with E-state index in [2.05, 4.69) is 31.7 Å². The zero-order valence-electron chi connectivity index (χ0n) is 6.96. The molecule has 0 amide bonds. The molecule has 0 spiro atoms. The first-order chi connectivity index (χ1) is 4.66. The number of nitrogens with zero attached hydrogens (tertiary/aromatic N) is 1. The number of likely N-dealkylation sites (tertiary alicyclic amines) is 1. The zero-order chi connectivity index (χ0) is 7.72. The van der Waals surface area contributed by atoms with Crippen LogP contribution in [0.2, 0.25) is 0 Å². The predicted octanol–water partition coefficient (Wildman–Crippen LogP) is 1.55. The molecule has 0 N–H and O–H groups in total. The Balaban J connectivity index is 2.50. The van der Waals surface area contributed by atoms with Crippen LogP contribution in [0.5, 0.6) is 0 Å². The lowest BCUT2D eigenvalue weighted by molar-refractivity contribution is 0.0517. The molecule has 0 saturated carbocycles. The summed E-state index contributed by atoms with van der Waals surface area (Å²) in [7, 11) is 0. The highest BCUT2D eigenvalue weighted by atomic mass is 15.2. The van der Waals surface area contributed by atoms with E-state index in [1.807, 2.05) is 0 Å². The monoisotopic (exact) mass is 137 g/mol. The van der Waals surface area contributed by atoms with Crippen molar-refractivity contribution in [1.29, 1.82) is 0 Å². The molecular formula is C9H15N. The summed E-state index contributed by atoms with van der Waals surface area (Å²) in [5.41, 5.74) is 0. The molecular weight excluding hydrogens is 122 g/mol. The minimum atomic E-state index is 0.630. The molecule has 1 aliphatic rings. The molecule has 2 atom stereocenters. The van der Waals surface area contributed by atoms with E-state index in [4.69, 9.17) is 6.42 Å². The maximum Gasteiger partial charge on any atom is 0.0437 e. The Labute approximate surface area is 63.4 Å². The van der Waals surface area contributed by atoms with Crippen molar-refractivity contribution in [2.75, 3.05) is 6.54 Å². The average molecular weight is 137 g/mol. The van der Waals surface area contributed by atoms with Crippen molar-refractivity contribution in [2.45, 2.75) is 26.8 Å². The standard InChI is InChI=1S/C9H15N/c1-5-10-6-8(4)9(10)7(2)3/h1,7-9H,6H2,2-4H3/t8-,9?/m0/s1. The summed E-state index contributed by atoms with van der Waals surface area (Å²) in [6.45, 7) is 7.80. The van der Waals surface area contributed by atoms with Gasteiger partial charge in [-0.1, -0.05) is 27.2 Å². The van der Waals surface area contributed by atoms with Gasteiger partial charge in [-0.05, 0) is 11.8 Å². The normalized spacial score (nSPS) is 31.7. The van der Waals surface area contributed by atoms with Gasteiger partial charge in [-0.15, -0.1) is 0 Å². The molecule has 0 aromatic rings. The van der Waals surface area contributed by atoms with Crippen molar-refractivity contribution in [1.82, 2.24) is 4.90 Å². The van der Waals surface area contributed by atoms with Gasteiger partial charge in [-0.3, -0.25) is 0 Å². The summed E-state index contributed by atoms with van der Waals surface area (Å²) in [5.74, 6) is 1.48. The molecule has 10 heavy (non-hydrogen) atoms. The number of hydrogen-bond donors (Lipinski definition) is 0. The van der Waals surface area contributed by atoms with Crippen LogP contribution in [0.15, 0.2) is 0 Å². The first-order valence-electron chi connectivity index (χ1n) is 3.89. The topological polar surface area (TPSA) is 3.24 Å². The first-order valence-corrected chi connectivity index (χ1v) is 3.89. The smallest absolute Gasteiger partial charge is 0.0437 e. The summed E-state index contributed by atoms with van der Waals surface area (Å²) in [6, 6.07) is 3.33. The molecule has 1 aliphatic heterocycles. The third kappa shape index (κ3) is 0.988. The quantitative estimate of drug-likeness (QED) is 0.496. The SMILES string of the molecule is C#CN1C[C@H](C)C1C(C)C. The molecule has 0 aromatic heterocycles. The van der Waals surface area contributed by atoms with Gasteiger partial charge in [-0.2, -0.15) is 0 Å². The molecule has 1 fully saturated rings. The van der Waals surface area contributed by atoms with E-state index in [1.54, 1.807) is 0 Å². The molecule has 1 nitrogen and oxygen atoms in total. The van der Waals surface area contributed by atoms with E-state index in [-0.39, 0.29) is 0 Å². The van der Waals surface area contributed by atoms with Crippen molar-refractivity contribution in [3.63, 3.8) is 0 Å². The zero-order valence-corrected chi connectivity index (χ0v) is 6.96. The minimum absolute atomic E-state index is 0.630. The number of terminal acetylenes is 1. The highest BCUT2D eigenvalue weighted by Gasteiger charge is 2.35. The average Bonchev–Trinajstić information content (AvgIpc) is 1.80. The Bertz CT molecular complexity index is 150. The second-order valence-corrected chi connectivity index (χ2v) is 3.49. The van der Waals surface area contributed by atoms with E-state index in [0.29, 0.717) is 12.0 Å². The fraction of sp³-hybridized carbons (Fsp3) is 0.778. The Morgan fingerprint density at radius 1 is 1.60 bits per heavy atom. The van der Waals surface area contributed by atoms with Crippen LogP contribution in [-0.4, -0.2) is 17.5 Å². The highest BCUT2D eigenvalue weighted by Crippen LogP contribution is 2.28. The van der Waals surface area contributed by atoms with Crippen molar-refractivity contribution in [2.24, 2.45) is 11.8 Å². The van der Waals surface area contributed by atoms with Gasteiger partial charge in [0, 0.05) is 18.6 Å². The van der Waals surface area contributed by atoms with Gasteiger partial charge in [-0.25, -0.2) is 0 Å². The maximum atomic E-state index is 5.30. The second-order valence-electron chi connectivity index (χ2n) is 3.49. The first kappa shape index (κ1) is 7.47. The molecule has 0 aromatic carbocycles. The van der Waals surface area contributed by atoms with Gasteiger partial charge in [0.25, 0.3) is 0 Å². The van der Waals surface area contributed by atoms with E-state index in [0.717, 1.165) is 12.5 Å². The Morgan fingerprint density at radius 3 is 2.40 bits per heavy atom. The van der Waals surface area contributed by atoms with Crippen molar-refractivity contribution in [3.05, 3.63) is 0 Å². The molecule has 0 radical (unpaired) electrons. The van der Waals surface area contributed by atoms with Crippen LogP contribution >= 0.6 is 0 Å². The number of hydrogen-bond acceptors (Lipinski definition) is 1. The lowest BCUT2D eigenvalue weighted by Crippen LogP contribution is -2.54. The van der Waals surface area contributed by atoms with Crippen LogP contribution in [-0.2, 0) is 0 Å². The van der Waals surface area contributed by atoms with E-state index >= 15 is 0 Å². The van der Waals surface area contributed by atoms with Gasteiger partial charge >= 0.3 is 0 Å². The molecule has 0 bridgehead atoms. The van der Waals surface area contributed by atoms with Crippen LogP contribution in [0.4, 0.5) is 0 Å². The van der Waals surface area contributed by atoms with Gasteiger partial charge in [0.05, 0.1) is 0 Å². The van der Waals surface area contributed by atoms with Gasteiger partial charge in [0.1, 0.15) is 0 Å². The predicted molar refractivity (Wildman–Crippen MR) is 43.3 cm³/mol. The molecule has 1 heteroatoms. The van der Waals surface area contributed by atoms with Crippen molar-refractivity contribution < 1.29 is 0 Å². The number of rotatable bonds is 1. The molecule has 1 rings (SSSR count). The summed E-state index contributed by atoms with van der Waals surface area (Å²) < 4.78 is 0. The lowest BCUT2D eigenvalue weighted by Gasteiger charge is -2.46. The summed E-state index contributed by atoms with van der Waals surface area (Å²) in [4.78, 5) is 2.09. The molecule has 1 heterocycles. The summed E-state index contributed by atoms with van der Waals surface area (Å²) in [6.07, 6.45) is 5.30. The Kier molecular flexibility index (Phi) is 1.89. The largest absolute Gasteiger partial charge is 0.329 e. The lowest BCUT2D eigenvalue weighted by atomic mass is 9.83. The summed E-state index contributed by atoms with van der Waals surface area (Å²) >= 11 is 0. The molecule has 1 saturated heterocycles. The van der Waals surface area contributed by atoms with Crippen LogP contribution < -0.4 is 0 Å². The van der Waals surface area contributed by atoms with E-state index in [1.165, 1.54) is 0 Å². The Hall–Kier alpha value is -0.640. The Morgan fingerprint density at radius 2 is 2.20 bits per heavy atom. The molecule has 0 aliphatic carbocycles. The van der Waals surface area contributed by atoms with Crippen molar-refractivity contribution in [3.8, 4) is 12.5 Å². The van der Waals surface area contributed by atoms with Crippen LogP contribution in [0.1, 0.15) is 20.8 Å². The van der Waals surface area contributed by atoms with Crippen LogP contribution in [0, 0.1) is 24.3 Å². The maximum absolute atomic E-state index is 5.30. The summed E-state index contributed by atoms with van der Waals surface area (Å²) in [5, 5.41) is 0. The fourth-order valence-electron chi connectivity index (χ4n) is 1.86. The van der Waals surface area contributed by atoms with Crippen molar-refractivity contribution >= 4 is 0 Å². The second kappa shape index (κ2) is 2.54. The third-order valence-electron chi connectivity index (χ3n) is 2.28. The van der Waals surface area contributed by atoms with E-state index in [9.17, 15) is 0 Å². The fourth-order valence-corrected chi connectivity index (χ4v) is 1.86. The van der Waals surface area contributed by atoms with E-state index < -0.39 is 0 Å². The van der Waals surface area contributed by atoms with Crippen LogP contribution in [0.25, 0.3) is 0 Å². The molecule has 56 valence electrons. The minimum Gasteiger partial charge on any atom is -0.329 e. The van der Waals surface area contributed by atoms with Gasteiger partial charge in [0.15, 0.2) is 0 Å². The highest BCUT2D eigenvalue weighted by molar-refractivity contribution is 5.01. The van der Waals surface area contributed by atoms with Gasteiger partial charge < -0.3 is 4.90 Å². The van der Waals surface area contributed by atoms with Crippen LogP contribution in [0.3, 0.4) is 0 Å². The third-order valence-corrected chi connectivity index (χ3v) is 2.28.